The van der Waals surface area contributed by atoms with E-state index in [-0.39, 0.29) is 0 Å². The fraction of sp³-hybridized carbons (Fsp3) is 0.444. The first kappa shape index (κ1) is 16.1. The van der Waals surface area contributed by atoms with E-state index in [1.807, 2.05) is 11.3 Å². The minimum Gasteiger partial charge on any atom is -0.487 e. The minimum atomic E-state index is 0.663. The van der Waals surface area contributed by atoms with Gasteiger partial charge >= 0.3 is 0 Å². The highest BCUT2D eigenvalue weighted by atomic mass is 32.1. The summed E-state index contributed by atoms with van der Waals surface area (Å²) in [6.45, 7) is 9.06. The fourth-order valence-corrected chi connectivity index (χ4v) is 3.16. The third-order valence-corrected chi connectivity index (χ3v) is 4.66. The summed E-state index contributed by atoms with van der Waals surface area (Å²) in [6.07, 6.45) is 2.25. The van der Waals surface area contributed by atoms with Gasteiger partial charge in [0.2, 0.25) is 0 Å². The zero-order valence-corrected chi connectivity index (χ0v) is 14.1. The first-order chi connectivity index (χ1) is 10.2. The molecule has 2 nitrogen and oxygen atoms in total. The van der Waals surface area contributed by atoms with E-state index in [1.54, 1.807) is 0 Å². The lowest BCUT2D eigenvalue weighted by Gasteiger charge is -2.14. The van der Waals surface area contributed by atoms with Crippen LogP contribution in [0.25, 0.3) is 0 Å². The molecule has 1 N–H and O–H groups in total. The standard InChI is InChI=1S/C18H25NOS/c1-4-11-19-12-15-8-6-7-14(3)18(15)20-13-17-10-9-16(5-2)21-17/h6-10,19H,4-5,11-13H2,1-3H3. The molecule has 0 unspecified atom stereocenters. The molecule has 114 valence electrons. The van der Waals surface area contributed by atoms with Gasteiger partial charge in [-0.05, 0) is 44.0 Å². The monoisotopic (exact) mass is 303 g/mol. The highest BCUT2D eigenvalue weighted by molar-refractivity contribution is 7.11. The molecule has 0 fully saturated rings. The highest BCUT2D eigenvalue weighted by Crippen LogP contribution is 2.26. The lowest BCUT2D eigenvalue weighted by Crippen LogP contribution is -2.15. The van der Waals surface area contributed by atoms with Gasteiger partial charge in [0.25, 0.3) is 0 Å². The zero-order chi connectivity index (χ0) is 15.1. The third-order valence-electron chi connectivity index (χ3n) is 3.46. The number of nitrogens with one attached hydrogen (secondary N) is 1. The molecule has 0 bridgehead atoms. The predicted molar refractivity (Wildman–Crippen MR) is 91.2 cm³/mol. The molecule has 0 amide bonds. The summed E-state index contributed by atoms with van der Waals surface area (Å²) in [7, 11) is 0. The van der Waals surface area contributed by atoms with Crippen molar-refractivity contribution in [3.05, 3.63) is 51.2 Å². The van der Waals surface area contributed by atoms with E-state index in [9.17, 15) is 0 Å². The topological polar surface area (TPSA) is 21.3 Å². The molecule has 0 aliphatic carbocycles. The summed E-state index contributed by atoms with van der Waals surface area (Å²) in [6, 6.07) is 10.7. The van der Waals surface area contributed by atoms with Crippen molar-refractivity contribution >= 4 is 11.3 Å². The molecule has 0 aliphatic heterocycles. The first-order valence-corrected chi connectivity index (χ1v) is 8.55. The van der Waals surface area contributed by atoms with Crippen LogP contribution in [0, 0.1) is 6.92 Å². The van der Waals surface area contributed by atoms with Crippen LogP contribution >= 0.6 is 11.3 Å². The van der Waals surface area contributed by atoms with Crippen molar-refractivity contribution in [1.82, 2.24) is 5.32 Å². The molecule has 2 aromatic rings. The predicted octanol–water partition coefficient (Wildman–Crippen LogP) is 4.70. The quantitative estimate of drug-likeness (QED) is 0.714. The van der Waals surface area contributed by atoms with Crippen LogP contribution in [0.1, 0.15) is 41.1 Å². The van der Waals surface area contributed by atoms with Crippen LogP contribution in [0.4, 0.5) is 0 Å². The van der Waals surface area contributed by atoms with Crippen molar-refractivity contribution in [2.45, 2.75) is 46.8 Å². The molecule has 0 radical (unpaired) electrons. The molecule has 0 aliphatic rings. The molecule has 2 rings (SSSR count). The molecular formula is C18H25NOS. The number of para-hydroxylation sites is 1. The van der Waals surface area contributed by atoms with Gasteiger partial charge in [-0.25, -0.2) is 0 Å². The van der Waals surface area contributed by atoms with Gasteiger partial charge in [0.15, 0.2) is 0 Å². The second-order valence-electron chi connectivity index (χ2n) is 5.25. The highest BCUT2D eigenvalue weighted by Gasteiger charge is 2.08. The van der Waals surface area contributed by atoms with Crippen LogP contribution in [0.2, 0.25) is 0 Å². The Morgan fingerprint density at radius 3 is 2.62 bits per heavy atom. The summed E-state index contributed by atoms with van der Waals surface area (Å²) in [5.74, 6) is 1.03. The van der Waals surface area contributed by atoms with E-state index < -0.39 is 0 Å². The number of aryl methyl sites for hydroxylation is 2. The number of benzene rings is 1. The zero-order valence-electron chi connectivity index (χ0n) is 13.2. The van der Waals surface area contributed by atoms with E-state index in [0.29, 0.717) is 6.61 Å². The lowest BCUT2D eigenvalue weighted by molar-refractivity contribution is 0.303. The van der Waals surface area contributed by atoms with Crippen LogP contribution in [0.3, 0.4) is 0 Å². The molecule has 21 heavy (non-hydrogen) atoms. The second kappa shape index (κ2) is 8.20. The summed E-state index contributed by atoms with van der Waals surface area (Å²) in [4.78, 5) is 2.71. The van der Waals surface area contributed by atoms with E-state index in [2.05, 4.69) is 56.4 Å². The second-order valence-corrected chi connectivity index (χ2v) is 6.50. The smallest absolute Gasteiger partial charge is 0.127 e. The van der Waals surface area contributed by atoms with Crippen molar-refractivity contribution < 1.29 is 4.74 Å². The number of hydrogen-bond acceptors (Lipinski definition) is 3. The van der Waals surface area contributed by atoms with Gasteiger partial charge in [-0.3, -0.25) is 0 Å². The van der Waals surface area contributed by atoms with Gasteiger partial charge in [0, 0.05) is 21.9 Å². The van der Waals surface area contributed by atoms with Crippen LogP contribution in [-0.4, -0.2) is 6.54 Å². The molecule has 1 aromatic carbocycles. The van der Waals surface area contributed by atoms with Crippen molar-refractivity contribution in [2.24, 2.45) is 0 Å². The number of rotatable bonds is 8. The Bertz CT molecular complexity index is 562. The SMILES string of the molecule is CCCNCc1cccc(C)c1OCc1ccc(CC)s1. The van der Waals surface area contributed by atoms with E-state index in [1.165, 1.54) is 20.9 Å². The minimum absolute atomic E-state index is 0.663. The van der Waals surface area contributed by atoms with E-state index in [0.717, 1.165) is 31.7 Å². The third kappa shape index (κ3) is 4.58. The first-order valence-electron chi connectivity index (χ1n) is 7.74. The largest absolute Gasteiger partial charge is 0.487 e. The Morgan fingerprint density at radius 1 is 1.10 bits per heavy atom. The van der Waals surface area contributed by atoms with Gasteiger partial charge in [-0.2, -0.15) is 0 Å². The average molecular weight is 303 g/mol. The lowest BCUT2D eigenvalue weighted by atomic mass is 10.1. The van der Waals surface area contributed by atoms with Crippen LogP contribution in [-0.2, 0) is 19.6 Å². The van der Waals surface area contributed by atoms with Gasteiger partial charge < -0.3 is 10.1 Å². The number of hydrogen-bond donors (Lipinski definition) is 1. The molecule has 1 aromatic heterocycles. The van der Waals surface area contributed by atoms with Crippen molar-refractivity contribution in [3.8, 4) is 5.75 Å². The molecule has 0 atom stereocenters. The average Bonchev–Trinajstić information content (AvgIpc) is 2.95. The van der Waals surface area contributed by atoms with Gasteiger partial charge in [-0.1, -0.05) is 32.0 Å². The summed E-state index contributed by atoms with van der Waals surface area (Å²) in [5.41, 5.74) is 2.45. The van der Waals surface area contributed by atoms with E-state index >= 15 is 0 Å². The maximum Gasteiger partial charge on any atom is 0.127 e. The van der Waals surface area contributed by atoms with Crippen LogP contribution in [0.15, 0.2) is 30.3 Å². The molecule has 3 heteroatoms. The van der Waals surface area contributed by atoms with Crippen molar-refractivity contribution in [2.75, 3.05) is 6.54 Å². The maximum atomic E-state index is 6.11. The maximum absolute atomic E-state index is 6.11. The van der Waals surface area contributed by atoms with Crippen molar-refractivity contribution in [1.29, 1.82) is 0 Å². The van der Waals surface area contributed by atoms with E-state index in [4.69, 9.17) is 4.74 Å². The number of ether oxygens (including phenoxy) is 1. The Labute approximate surface area is 132 Å². The fourth-order valence-electron chi connectivity index (χ4n) is 2.29. The number of thiophene rings is 1. The molecular weight excluding hydrogens is 278 g/mol. The Kier molecular flexibility index (Phi) is 6.27. The molecule has 0 saturated heterocycles. The van der Waals surface area contributed by atoms with Gasteiger partial charge in [0.05, 0.1) is 0 Å². The van der Waals surface area contributed by atoms with Crippen molar-refractivity contribution in [3.63, 3.8) is 0 Å². The summed E-state index contributed by atoms with van der Waals surface area (Å²) in [5, 5.41) is 3.45. The normalized spacial score (nSPS) is 10.8. The summed E-state index contributed by atoms with van der Waals surface area (Å²) >= 11 is 1.84. The Balaban J connectivity index is 2.03. The Hall–Kier alpha value is -1.32. The Morgan fingerprint density at radius 2 is 1.90 bits per heavy atom. The molecule has 1 heterocycles. The van der Waals surface area contributed by atoms with Crippen LogP contribution < -0.4 is 10.1 Å². The van der Waals surface area contributed by atoms with Crippen LogP contribution in [0.5, 0.6) is 5.75 Å². The molecule has 0 saturated carbocycles. The summed E-state index contributed by atoms with van der Waals surface area (Å²) < 4.78 is 6.11. The van der Waals surface area contributed by atoms with Gasteiger partial charge in [-0.15, -0.1) is 11.3 Å². The van der Waals surface area contributed by atoms with Gasteiger partial charge in [0.1, 0.15) is 12.4 Å². The molecule has 0 spiro atoms.